The number of carbonyl (C=O) groups excluding carboxylic acids is 1. The minimum atomic E-state index is 0.0503. The van der Waals surface area contributed by atoms with Crippen LogP contribution in [0, 0.1) is 0 Å². The van der Waals surface area contributed by atoms with Crippen LogP contribution in [0.5, 0.6) is 0 Å². The lowest BCUT2D eigenvalue weighted by Crippen LogP contribution is -2.32. The molecular weight excluding hydrogens is 212 g/mol. The Morgan fingerprint density at radius 2 is 2.00 bits per heavy atom. The summed E-state index contributed by atoms with van der Waals surface area (Å²) in [6, 6.07) is 8.27. The van der Waals surface area contributed by atoms with Gasteiger partial charge >= 0.3 is 0 Å². The molecule has 1 fully saturated rings. The molecule has 1 amide bonds. The number of carbonyl (C=O) groups is 1. The van der Waals surface area contributed by atoms with Crippen LogP contribution in [0.4, 0.5) is 0 Å². The molecule has 1 aromatic carbocycles. The zero-order valence-corrected chi connectivity index (χ0v) is 9.70. The number of rotatable bonds is 2. The molecule has 17 heavy (non-hydrogen) atoms. The van der Waals surface area contributed by atoms with Gasteiger partial charge in [0.05, 0.1) is 5.56 Å². The summed E-state index contributed by atoms with van der Waals surface area (Å²) in [6.07, 6.45) is 6.51. The fourth-order valence-electron chi connectivity index (χ4n) is 2.59. The number of hydrogen-bond acceptors (Lipinski definition) is 1. The SMILES string of the molecule is O=C(NC1CCCC1)c1c[nH]c2ccccc12. The van der Waals surface area contributed by atoms with E-state index in [1.165, 1.54) is 12.8 Å². The maximum Gasteiger partial charge on any atom is 0.253 e. The molecule has 3 nitrogen and oxygen atoms in total. The molecule has 0 unspecified atom stereocenters. The number of hydrogen-bond donors (Lipinski definition) is 2. The van der Waals surface area contributed by atoms with Crippen molar-refractivity contribution in [3.05, 3.63) is 36.0 Å². The molecule has 3 heteroatoms. The second-order valence-corrected chi connectivity index (χ2v) is 4.70. The second-order valence-electron chi connectivity index (χ2n) is 4.70. The number of benzene rings is 1. The van der Waals surface area contributed by atoms with Gasteiger partial charge in [0.2, 0.25) is 0 Å². The van der Waals surface area contributed by atoms with Crippen molar-refractivity contribution < 1.29 is 4.79 Å². The summed E-state index contributed by atoms with van der Waals surface area (Å²) in [7, 11) is 0. The first-order valence-electron chi connectivity index (χ1n) is 6.21. The number of nitrogens with one attached hydrogen (secondary N) is 2. The number of amides is 1. The smallest absolute Gasteiger partial charge is 0.253 e. The van der Waals surface area contributed by atoms with Crippen LogP contribution >= 0.6 is 0 Å². The van der Waals surface area contributed by atoms with E-state index in [9.17, 15) is 4.79 Å². The van der Waals surface area contributed by atoms with Crippen molar-refractivity contribution in [1.29, 1.82) is 0 Å². The Balaban J connectivity index is 1.85. The topological polar surface area (TPSA) is 44.9 Å². The third kappa shape index (κ3) is 1.93. The van der Waals surface area contributed by atoms with Gasteiger partial charge in [-0.1, -0.05) is 31.0 Å². The van der Waals surface area contributed by atoms with Crippen molar-refractivity contribution in [1.82, 2.24) is 10.3 Å². The van der Waals surface area contributed by atoms with E-state index in [0.29, 0.717) is 6.04 Å². The van der Waals surface area contributed by atoms with Gasteiger partial charge in [-0.2, -0.15) is 0 Å². The maximum atomic E-state index is 12.1. The summed E-state index contributed by atoms with van der Waals surface area (Å²) >= 11 is 0. The highest BCUT2D eigenvalue weighted by Crippen LogP contribution is 2.21. The first-order valence-corrected chi connectivity index (χ1v) is 6.21. The molecule has 1 aromatic heterocycles. The Morgan fingerprint density at radius 1 is 1.24 bits per heavy atom. The molecule has 0 radical (unpaired) electrons. The normalized spacial score (nSPS) is 16.5. The summed E-state index contributed by atoms with van der Waals surface area (Å²) in [5.74, 6) is 0.0503. The highest BCUT2D eigenvalue weighted by Gasteiger charge is 2.19. The molecule has 1 saturated carbocycles. The third-order valence-electron chi connectivity index (χ3n) is 3.52. The summed E-state index contributed by atoms with van der Waals surface area (Å²) in [5, 5.41) is 4.12. The van der Waals surface area contributed by atoms with E-state index in [2.05, 4.69) is 10.3 Å². The molecular formula is C14H16N2O. The standard InChI is InChI=1S/C14H16N2O/c17-14(16-10-5-1-2-6-10)12-9-15-13-8-4-3-7-11(12)13/h3-4,7-10,15H,1-2,5-6H2,(H,16,17). The number of H-pyrrole nitrogens is 1. The summed E-state index contributed by atoms with van der Waals surface area (Å²) in [4.78, 5) is 15.3. The average Bonchev–Trinajstić information content (AvgIpc) is 2.96. The van der Waals surface area contributed by atoms with E-state index in [1.54, 1.807) is 6.20 Å². The lowest BCUT2D eigenvalue weighted by atomic mass is 10.1. The van der Waals surface area contributed by atoms with E-state index < -0.39 is 0 Å². The first kappa shape index (κ1) is 10.4. The van der Waals surface area contributed by atoms with Crippen molar-refractivity contribution in [3.63, 3.8) is 0 Å². The Morgan fingerprint density at radius 3 is 2.82 bits per heavy atom. The van der Waals surface area contributed by atoms with E-state index in [1.807, 2.05) is 24.3 Å². The molecule has 0 saturated heterocycles. The molecule has 3 rings (SSSR count). The van der Waals surface area contributed by atoms with Gasteiger partial charge in [0, 0.05) is 23.1 Å². The van der Waals surface area contributed by atoms with Gasteiger partial charge in [-0.25, -0.2) is 0 Å². The Bertz CT molecular complexity index is 538. The lowest BCUT2D eigenvalue weighted by Gasteiger charge is -2.10. The van der Waals surface area contributed by atoms with Crippen molar-refractivity contribution in [2.24, 2.45) is 0 Å². The highest BCUT2D eigenvalue weighted by molar-refractivity contribution is 6.06. The Hall–Kier alpha value is -1.77. The monoisotopic (exact) mass is 228 g/mol. The summed E-state index contributed by atoms with van der Waals surface area (Å²) in [5.41, 5.74) is 1.77. The van der Waals surface area contributed by atoms with Crippen LogP contribution in [0.1, 0.15) is 36.0 Å². The molecule has 1 aliphatic rings. The van der Waals surface area contributed by atoms with Crippen molar-refractivity contribution in [2.75, 3.05) is 0 Å². The zero-order valence-electron chi connectivity index (χ0n) is 9.70. The summed E-state index contributed by atoms with van der Waals surface area (Å²) in [6.45, 7) is 0. The predicted molar refractivity (Wildman–Crippen MR) is 68.0 cm³/mol. The van der Waals surface area contributed by atoms with E-state index in [0.717, 1.165) is 29.3 Å². The number of fused-ring (bicyclic) bond motifs is 1. The number of para-hydroxylation sites is 1. The van der Waals surface area contributed by atoms with Crippen LogP contribution < -0.4 is 5.32 Å². The van der Waals surface area contributed by atoms with Crippen LogP contribution in [0.15, 0.2) is 30.5 Å². The lowest BCUT2D eigenvalue weighted by molar-refractivity contribution is 0.0939. The van der Waals surface area contributed by atoms with Crippen LogP contribution in [-0.2, 0) is 0 Å². The molecule has 2 aromatic rings. The molecule has 2 N–H and O–H groups in total. The Labute approximate surface area is 100 Å². The molecule has 0 aliphatic heterocycles. The summed E-state index contributed by atoms with van der Waals surface area (Å²) < 4.78 is 0. The zero-order chi connectivity index (χ0) is 11.7. The van der Waals surface area contributed by atoms with Gasteiger partial charge in [0.25, 0.3) is 5.91 Å². The minimum absolute atomic E-state index is 0.0503. The van der Waals surface area contributed by atoms with Gasteiger partial charge in [0.15, 0.2) is 0 Å². The van der Waals surface area contributed by atoms with E-state index in [4.69, 9.17) is 0 Å². The van der Waals surface area contributed by atoms with Crippen LogP contribution in [-0.4, -0.2) is 16.9 Å². The first-order chi connectivity index (χ1) is 8.34. The molecule has 0 atom stereocenters. The molecule has 1 heterocycles. The molecule has 0 spiro atoms. The fourth-order valence-corrected chi connectivity index (χ4v) is 2.59. The van der Waals surface area contributed by atoms with Crippen LogP contribution in [0.25, 0.3) is 10.9 Å². The predicted octanol–water partition coefficient (Wildman–Crippen LogP) is 2.84. The van der Waals surface area contributed by atoms with Crippen molar-refractivity contribution >= 4 is 16.8 Å². The van der Waals surface area contributed by atoms with Crippen LogP contribution in [0.3, 0.4) is 0 Å². The van der Waals surface area contributed by atoms with Gasteiger partial charge in [0.1, 0.15) is 0 Å². The number of aromatic amines is 1. The third-order valence-corrected chi connectivity index (χ3v) is 3.52. The van der Waals surface area contributed by atoms with E-state index in [-0.39, 0.29) is 5.91 Å². The highest BCUT2D eigenvalue weighted by atomic mass is 16.1. The van der Waals surface area contributed by atoms with Gasteiger partial charge < -0.3 is 10.3 Å². The van der Waals surface area contributed by atoms with Crippen molar-refractivity contribution in [2.45, 2.75) is 31.7 Å². The van der Waals surface area contributed by atoms with E-state index >= 15 is 0 Å². The van der Waals surface area contributed by atoms with Gasteiger partial charge in [-0.15, -0.1) is 0 Å². The molecule has 1 aliphatic carbocycles. The molecule has 0 bridgehead atoms. The second kappa shape index (κ2) is 4.24. The van der Waals surface area contributed by atoms with Crippen LogP contribution in [0.2, 0.25) is 0 Å². The average molecular weight is 228 g/mol. The van der Waals surface area contributed by atoms with Gasteiger partial charge in [-0.05, 0) is 18.9 Å². The minimum Gasteiger partial charge on any atom is -0.360 e. The van der Waals surface area contributed by atoms with Crippen molar-refractivity contribution in [3.8, 4) is 0 Å². The van der Waals surface area contributed by atoms with Gasteiger partial charge in [-0.3, -0.25) is 4.79 Å². The maximum absolute atomic E-state index is 12.1. The largest absolute Gasteiger partial charge is 0.360 e. The number of aromatic nitrogens is 1. The quantitative estimate of drug-likeness (QED) is 0.815. The fraction of sp³-hybridized carbons (Fsp3) is 0.357. The Kier molecular flexibility index (Phi) is 2.59. The molecule has 88 valence electrons.